The predicted octanol–water partition coefficient (Wildman–Crippen LogP) is 3.78. The number of benzene rings is 3. The van der Waals surface area contributed by atoms with Gasteiger partial charge in [-0.2, -0.15) is 0 Å². The van der Waals surface area contributed by atoms with Crippen LogP contribution in [-0.4, -0.2) is 36.4 Å². The molecule has 0 fully saturated rings. The Morgan fingerprint density at radius 1 is 0.889 bits per heavy atom. The van der Waals surface area contributed by atoms with Gasteiger partial charge >= 0.3 is 5.69 Å². The molecule has 4 aromatic rings. The lowest BCUT2D eigenvalue weighted by Gasteiger charge is -2.17. The van der Waals surface area contributed by atoms with Crippen molar-refractivity contribution in [1.82, 2.24) is 9.13 Å². The number of ether oxygens (including phenoxy) is 3. The lowest BCUT2D eigenvalue weighted by atomic mass is 10.2. The number of carbonyl (C=O) groups excluding carboxylic acids is 1. The number of methoxy groups -OCH3 is 3. The fraction of sp³-hybridized carbons (Fsp3) is 0.192. The molecule has 0 radical (unpaired) electrons. The topological polar surface area (TPSA) is 101 Å². The normalized spacial score (nSPS) is 10.8. The number of nitrogens with zero attached hydrogens (tertiary/aromatic N) is 2. The summed E-state index contributed by atoms with van der Waals surface area (Å²) in [5.74, 6) is 0.502. The van der Waals surface area contributed by atoms with Crippen LogP contribution in [0.25, 0.3) is 16.6 Å². The zero-order valence-corrected chi connectivity index (χ0v) is 20.9. The molecular formula is C26H24ClN3O6. The van der Waals surface area contributed by atoms with Crippen LogP contribution in [0.1, 0.15) is 5.56 Å². The van der Waals surface area contributed by atoms with Crippen LogP contribution in [0.2, 0.25) is 5.02 Å². The van der Waals surface area contributed by atoms with Crippen LogP contribution in [0, 0.1) is 6.92 Å². The first-order valence-electron chi connectivity index (χ1n) is 10.9. The van der Waals surface area contributed by atoms with Gasteiger partial charge in [0.25, 0.3) is 5.56 Å². The van der Waals surface area contributed by atoms with Gasteiger partial charge in [-0.05, 0) is 43.3 Å². The van der Waals surface area contributed by atoms with Crippen LogP contribution in [0.15, 0.2) is 64.2 Å². The van der Waals surface area contributed by atoms with Gasteiger partial charge in [-0.25, -0.2) is 9.36 Å². The van der Waals surface area contributed by atoms with Crippen LogP contribution in [0.5, 0.6) is 17.2 Å². The van der Waals surface area contributed by atoms with E-state index in [0.29, 0.717) is 33.6 Å². The van der Waals surface area contributed by atoms with Crippen LogP contribution in [-0.2, 0) is 11.3 Å². The molecule has 0 saturated carbocycles. The summed E-state index contributed by atoms with van der Waals surface area (Å²) >= 11 is 6.07. The minimum atomic E-state index is -0.684. The first-order valence-corrected chi connectivity index (χ1v) is 11.3. The first kappa shape index (κ1) is 24.9. The van der Waals surface area contributed by atoms with E-state index in [9.17, 15) is 14.4 Å². The highest BCUT2D eigenvalue weighted by atomic mass is 35.5. The standard InChI is InChI=1S/C26H24ClN3O6/c1-15-5-8-17(9-6-15)30-25(32)18-12-22(35-3)23(36-4)13-20(18)29(26(30)33)14-24(31)28-19-11-16(27)7-10-21(19)34-2/h5-13H,14H2,1-4H3,(H,28,31). The van der Waals surface area contributed by atoms with E-state index < -0.39 is 23.7 Å². The van der Waals surface area contributed by atoms with Crippen molar-refractivity contribution in [1.29, 1.82) is 0 Å². The minimum Gasteiger partial charge on any atom is -0.495 e. The molecule has 186 valence electrons. The summed E-state index contributed by atoms with van der Waals surface area (Å²) in [5, 5.41) is 3.31. The molecule has 1 aromatic heterocycles. The lowest BCUT2D eigenvalue weighted by molar-refractivity contribution is -0.116. The van der Waals surface area contributed by atoms with Crippen LogP contribution < -0.4 is 30.8 Å². The molecule has 0 bridgehead atoms. The third-order valence-corrected chi connectivity index (χ3v) is 5.91. The zero-order chi connectivity index (χ0) is 26.0. The van der Waals surface area contributed by atoms with E-state index in [1.165, 1.54) is 38.0 Å². The van der Waals surface area contributed by atoms with E-state index in [4.69, 9.17) is 25.8 Å². The Morgan fingerprint density at radius 2 is 1.53 bits per heavy atom. The largest absolute Gasteiger partial charge is 0.495 e. The van der Waals surface area contributed by atoms with Gasteiger partial charge in [0.15, 0.2) is 11.5 Å². The lowest BCUT2D eigenvalue weighted by Crippen LogP contribution is -2.40. The molecule has 1 N–H and O–H groups in total. The van der Waals surface area contributed by atoms with E-state index in [1.807, 2.05) is 6.92 Å². The van der Waals surface area contributed by atoms with Gasteiger partial charge in [0.2, 0.25) is 5.91 Å². The monoisotopic (exact) mass is 509 g/mol. The maximum atomic E-state index is 13.6. The molecular weight excluding hydrogens is 486 g/mol. The van der Waals surface area contributed by atoms with Gasteiger partial charge in [0.1, 0.15) is 12.3 Å². The summed E-state index contributed by atoms with van der Waals surface area (Å²) in [5.41, 5.74) is 0.676. The molecule has 1 amide bonds. The zero-order valence-electron chi connectivity index (χ0n) is 20.1. The summed E-state index contributed by atoms with van der Waals surface area (Å²) in [6.45, 7) is 1.50. The van der Waals surface area contributed by atoms with Gasteiger partial charge in [0, 0.05) is 11.1 Å². The van der Waals surface area contributed by atoms with Gasteiger partial charge in [-0.3, -0.25) is 14.2 Å². The molecule has 0 spiro atoms. The highest BCUT2D eigenvalue weighted by molar-refractivity contribution is 6.31. The Hall–Kier alpha value is -4.24. The minimum absolute atomic E-state index is 0.181. The summed E-state index contributed by atoms with van der Waals surface area (Å²) in [6, 6.07) is 14.7. The van der Waals surface area contributed by atoms with Crippen molar-refractivity contribution in [2.75, 3.05) is 26.6 Å². The Morgan fingerprint density at radius 3 is 2.17 bits per heavy atom. The van der Waals surface area contributed by atoms with E-state index in [-0.39, 0.29) is 10.9 Å². The number of anilines is 1. The van der Waals surface area contributed by atoms with Crippen LogP contribution >= 0.6 is 11.6 Å². The fourth-order valence-electron chi connectivity index (χ4n) is 3.88. The number of fused-ring (bicyclic) bond motifs is 1. The number of amides is 1. The van der Waals surface area contributed by atoms with Gasteiger partial charge < -0.3 is 19.5 Å². The predicted molar refractivity (Wildman–Crippen MR) is 138 cm³/mol. The smallest absolute Gasteiger partial charge is 0.336 e. The van der Waals surface area contributed by atoms with Crippen molar-refractivity contribution >= 4 is 34.1 Å². The van der Waals surface area contributed by atoms with Crippen molar-refractivity contribution in [3.05, 3.63) is 86.0 Å². The first-order chi connectivity index (χ1) is 17.3. The van der Waals surface area contributed by atoms with Crippen LogP contribution in [0.3, 0.4) is 0 Å². The number of hydrogen-bond donors (Lipinski definition) is 1. The molecule has 3 aromatic carbocycles. The average Bonchev–Trinajstić information content (AvgIpc) is 2.87. The number of nitrogens with one attached hydrogen (secondary N) is 1. The van der Waals surface area contributed by atoms with Crippen molar-refractivity contribution in [2.24, 2.45) is 0 Å². The van der Waals surface area contributed by atoms with Crippen molar-refractivity contribution in [3.8, 4) is 22.9 Å². The third kappa shape index (κ3) is 4.65. The molecule has 0 saturated heterocycles. The van der Waals surface area contributed by atoms with Crippen molar-refractivity contribution in [3.63, 3.8) is 0 Å². The second-order valence-electron chi connectivity index (χ2n) is 7.96. The fourth-order valence-corrected chi connectivity index (χ4v) is 4.05. The molecule has 0 aliphatic carbocycles. The molecule has 9 nitrogen and oxygen atoms in total. The summed E-state index contributed by atoms with van der Waals surface area (Å²) < 4.78 is 18.3. The number of hydrogen-bond acceptors (Lipinski definition) is 6. The summed E-state index contributed by atoms with van der Waals surface area (Å²) in [7, 11) is 4.36. The molecule has 10 heteroatoms. The highest BCUT2D eigenvalue weighted by Gasteiger charge is 2.20. The van der Waals surface area contributed by atoms with Crippen molar-refractivity contribution < 1.29 is 19.0 Å². The van der Waals surface area contributed by atoms with E-state index in [2.05, 4.69) is 5.32 Å². The number of rotatable bonds is 7. The Bertz CT molecular complexity index is 1570. The molecule has 0 unspecified atom stereocenters. The maximum Gasteiger partial charge on any atom is 0.336 e. The number of halogens is 1. The molecule has 0 aliphatic heterocycles. The van der Waals surface area contributed by atoms with E-state index in [1.54, 1.807) is 42.5 Å². The van der Waals surface area contributed by atoms with Crippen LogP contribution in [0.4, 0.5) is 5.69 Å². The number of carbonyl (C=O) groups is 1. The number of aryl methyl sites for hydroxylation is 1. The van der Waals surface area contributed by atoms with Gasteiger partial charge in [0.05, 0.1) is 43.6 Å². The summed E-state index contributed by atoms with van der Waals surface area (Å²) in [6.07, 6.45) is 0. The third-order valence-electron chi connectivity index (χ3n) is 5.68. The quantitative estimate of drug-likeness (QED) is 0.407. The Labute approximate surface area is 211 Å². The molecule has 0 atom stereocenters. The second-order valence-corrected chi connectivity index (χ2v) is 8.40. The van der Waals surface area contributed by atoms with Gasteiger partial charge in [-0.1, -0.05) is 29.3 Å². The Kier molecular flexibility index (Phi) is 7.03. The van der Waals surface area contributed by atoms with E-state index in [0.717, 1.165) is 10.1 Å². The average molecular weight is 510 g/mol. The van der Waals surface area contributed by atoms with Crippen molar-refractivity contribution in [2.45, 2.75) is 13.5 Å². The number of aromatic nitrogens is 2. The molecule has 36 heavy (non-hydrogen) atoms. The SMILES string of the molecule is COc1ccc(Cl)cc1NC(=O)Cn1c(=O)n(-c2ccc(C)cc2)c(=O)c2cc(OC)c(OC)cc21. The second kappa shape index (κ2) is 10.2. The van der Waals surface area contributed by atoms with Gasteiger partial charge in [-0.15, -0.1) is 0 Å². The van der Waals surface area contributed by atoms with E-state index >= 15 is 0 Å². The maximum absolute atomic E-state index is 13.6. The summed E-state index contributed by atoms with van der Waals surface area (Å²) in [4.78, 5) is 40.2. The molecule has 1 heterocycles. The highest BCUT2D eigenvalue weighted by Crippen LogP contribution is 2.31. The molecule has 4 rings (SSSR count). The molecule has 0 aliphatic rings. The Balaban J connectivity index is 1.91.